The van der Waals surface area contributed by atoms with Crippen molar-refractivity contribution in [2.45, 2.75) is 17.7 Å². The van der Waals surface area contributed by atoms with Crippen LogP contribution < -0.4 is 14.8 Å². The van der Waals surface area contributed by atoms with Crippen LogP contribution in [0.2, 0.25) is 0 Å². The number of anilines is 3. The quantitative estimate of drug-likeness (QED) is 0.280. The molecule has 2 heterocycles. The van der Waals surface area contributed by atoms with E-state index in [0.29, 0.717) is 28.2 Å². The highest BCUT2D eigenvalue weighted by atomic mass is 32.2. The zero-order valence-electron chi connectivity index (χ0n) is 18.8. The molecule has 0 atom stereocenters. The smallest absolute Gasteiger partial charge is 0.339 e. The zero-order chi connectivity index (χ0) is 24.7. The third kappa shape index (κ3) is 4.43. The van der Waals surface area contributed by atoms with E-state index in [0.717, 1.165) is 24.0 Å². The number of benzene rings is 3. The van der Waals surface area contributed by atoms with Gasteiger partial charge in [0.2, 0.25) is 11.9 Å². The second kappa shape index (κ2) is 8.61. The van der Waals surface area contributed by atoms with Crippen LogP contribution in [-0.4, -0.2) is 34.3 Å². The molecular formula is C25H20N6O4S. The summed E-state index contributed by atoms with van der Waals surface area (Å²) in [6, 6.07) is 16.5. The number of aromatic nitrogens is 4. The van der Waals surface area contributed by atoms with Gasteiger partial charge in [-0.2, -0.15) is 8.42 Å². The highest BCUT2D eigenvalue weighted by Crippen LogP contribution is 2.31. The second-order valence-corrected chi connectivity index (χ2v) is 9.99. The van der Waals surface area contributed by atoms with E-state index in [1.807, 2.05) is 18.2 Å². The lowest BCUT2D eigenvalue weighted by Crippen LogP contribution is -2.14. The zero-order valence-corrected chi connectivity index (χ0v) is 19.6. The molecule has 0 saturated heterocycles. The van der Waals surface area contributed by atoms with E-state index in [1.54, 1.807) is 30.6 Å². The largest absolute Gasteiger partial charge is 0.379 e. The second-order valence-electron chi connectivity index (χ2n) is 8.44. The molecule has 0 bridgehead atoms. The van der Waals surface area contributed by atoms with Gasteiger partial charge in [-0.05, 0) is 61.4 Å². The predicted molar refractivity (Wildman–Crippen MR) is 135 cm³/mol. The number of amides is 1. The SMILES string of the molecule is O=C(Nc1nc2cc(OS(=O)(=O)c3ccc(Nc4cccc5nccnc45)cc3)ccc2[nH]1)C1CC1. The average molecular weight is 501 g/mol. The lowest BCUT2D eigenvalue weighted by molar-refractivity contribution is -0.117. The minimum atomic E-state index is -4.08. The van der Waals surface area contributed by atoms with E-state index in [9.17, 15) is 13.2 Å². The number of nitrogens with zero attached hydrogens (tertiary/aromatic N) is 3. The first-order valence-electron chi connectivity index (χ1n) is 11.3. The minimum absolute atomic E-state index is 0.00488. The third-order valence-corrected chi connectivity index (χ3v) is 7.03. The first kappa shape index (κ1) is 22.0. The van der Waals surface area contributed by atoms with Crippen molar-refractivity contribution >= 4 is 55.4 Å². The normalized spacial score (nSPS) is 13.6. The van der Waals surface area contributed by atoms with Gasteiger partial charge in [0.05, 0.1) is 22.2 Å². The lowest BCUT2D eigenvalue weighted by Gasteiger charge is -2.10. The molecule has 1 amide bonds. The van der Waals surface area contributed by atoms with Crippen LogP contribution in [-0.2, 0) is 14.9 Å². The Morgan fingerprint density at radius 3 is 2.58 bits per heavy atom. The minimum Gasteiger partial charge on any atom is -0.379 e. The van der Waals surface area contributed by atoms with Gasteiger partial charge in [0.1, 0.15) is 16.2 Å². The molecule has 36 heavy (non-hydrogen) atoms. The van der Waals surface area contributed by atoms with E-state index in [1.165, 1.54) is 24.3 Å². The molecule has 0 aliphatic heterocycles. The van der Waals surface area contributed by atoms with Crippen molar-refractivity contribution in [2.75, 3.05) is 10.6 Å². The van der Waals surface area contributed by atoms with Crippen LogP contribution in [0, 0.1) is 5.92 Å². The maximum Gasteiger partial charge on any atom is 0.339 e. The Hall–Kier alpha value is -4.51. The molecule has 5 aromatic rings. The topological polar surface area (TPSA) is 139 Å². The number of fused-ring (bicyclic) bond motifs is 2. The summed E-state index contributed by atoms with van der Waals surface area (Å²) in [7, 11) is -4.08. The predicted octanol–water partition coefficient (Wildman–Crippen LogP) is 4.37. The van der Waals surface area contributed by atoms with Gasteiger partial charge in [-0.3, -0.25) is 20.1 Å². The molecular weight excluding hydrogens is 480 g/mol. The van der Waals surface area contributed by atoms with Crippen LogP contribution in [0.25, 0.3) is 22.1 Å². The van der Waals surface area contributed by atoms with Crippen molar-refractivity contribution in [2.24, 2.45) is 5.92 Å². The van der Waals surface area contributed by atoms with Crippen LogP contribution in [0.4, 0.5) is 17.3 Å². The number of H-pyrrole nitrogens is 1. The lowest BCUT2D eigenvalue weighted by atomic mass is 10.2. The third-order valence-electron chi connectivity index (χ3n) is 5.77. The van der Waals surface area contributed by atoms with Crippen molar-refractivity contribution in [3.05, 3.63) is 73.1 Å². The molecule has 1 aliphatic carbocycles. The van der Waals surface area contributed by atoms with Crippen molar-refractivity contribution in [3.8, 4) is 5.75 Å². The van der Waals surface area contributed by atoms with Crippen LogP contribution in [0.3, 0.4) is 0 Å². The first-order valence-corrected chi connectivity index (χ1v) is 12.7. The van der Waals surface area contributed by atoms with E-state index < -0.39 is 10.1 Å². The number of hydrogen-bond donors (Lipinski definition) is 3. The standard InChI is InChI=1S/C25H20N6O4S/c32-24(15-4-5-15)31-25-29-19-11-8-17(14-22(19)30-25)35-36(33,34)18-9-6-16(7-10-18)28-21-3-1-2-20-23(21)27-13-12-26-20/h1-3,6-15,28H,4-5H2,(H2,29,30,31,32). The van der Waals surface area contributed by atoms with E-state index in [4.69, 9.17) is 4.18 Å². The number of hydrogen-bond acceptors (Lipinski definition) is 8. The molecule has 3 N–H and O–H groups in total. The summed E-state index contributed by atoms with van der Waals surface area (Å²) in [5, 5.41) is 5.98. The molecule has 0 spiro atoms. The number of nitrogens with one attached hydrogen (secondary N) is 3. The molecule has 11 heteroatoms. The summed E-state index contributed by atoms with van der Waals surface area (Å²) in [6.45, 7) is 0. The Bertz CT molecular complexity index is 1710. The van der Waals surface area contributed by atoms with Gasteiger partial charge in [0.25, 0.3) is 0 Å². The fourth-order valence-corrected chi connectivity index (χ4v) is 4.71. The maximum atomic E-state index is 12.9. The van der Waals surface area contributed by atoms with Gasteiger partial charge in [-0.1, -0.05) is 6.07 Å². The molecule has 6 rings (SSSR count). The number of carbonyl (C=O) groups is 1. The van der Waals surface area contributed by atoms with Crippen LogP contribution in [0.15, 0.2) is 78.0 Å². The number of rotatable bonds is 7. The molecule has 0 radical (unpaired) electrons. The van der Waals surface area contributed by atoms with Gasteiger partial charge in [0.15, 0.2) is 0 Å². The Balaban J connectivity index is 1.18. The fourth-order valence-electron chi connectivity index (χ4n) is 3.79. The number of aromatic amines is 1. The van der Waals surface area contributed by atoms with Crippen LogP contribution >= 0.6 is 0 Å². The highest BCUT2D eigenvalue weighted by molar-refractivity contribution is 7.87. The summed E-state index contributed by atoms with van der Waals surface area (Å²) < 4.78 is 31.1. The van der Waals surface area contributed by atoms with Gasteiger partial charge in [-0.25, -0.2) is 4.98 Å². The van der Waals surface area contributed by atoms with Crippen molar-refractivity contribution in [3.63, 3.8) is 0 Å². The number of para-hydroxylation sites is 1. The van der Waals surface area contributed by atoms with Gasteiger partial charge in [0, 0.05) is 30.1 Å². The van der Waals surface area contributed by atoms with E-state index in [-0.39, 0.29) is 22.5 Å². The molecule has 3 aromatic carbocycles. The Labute approximate surface area is 205 Å². The molecule has 1 saturated carbocycles. The summed E-state index contributed by atoms with van der Waals surface area (Å²) in [5.74, 6) is 0.414. The molecule has 2 aromatic heterocycles. The van der Waals surface area contributed by atoms with Crippen molar-refractivity contribution in [1.29, 1.82) is 0 Å². The summed E-state index contributed by atoms with van der Waals surface area (Å²) in [5.41, 5.74) is 4.04. The average Bonchev–Trinajstić information content (AvgIpc) is 3.65. The van der Waals surface area contributed by atoms with Gasteiger partial charge >= 0.3 is 10.1 Å². The Morgan fingerprint density at radius 1 is 0.972 bits per heavy atom. The fraction of sp³-hybridized carbons (Fsp3) is 0.120. The number of imidazole rings is 1. The first-order chi connectivity index (χ1) is 17.4. The monoisotopic (exact) mass is 500 g/mol. The van der Waals surface area contributed by atoms with E-state index in [2.05, 4.69) is 30.6 Å². The summed E-state index contributed by atoms with van der Waals surface area (Å²) in [4.78, 5) is 27.9. The molecule has 1 fully saturated rings. The highest BCUT2D eigenvalue weighted by Gasteiger charge is 2.30. The summed E-state index contributed by atoms with van der Waals surface area (Å²) >= 11 is 0. The van der Waals surface area contributed by atoms with Gasteiger partial charge < -0.3 is 14.5 Å². The maximum absolute atomic E-state index is 12.9. The Kier molecular flexibility index (Phi) is 5.26. The van der Waals surface area contributed by atoms with Crippen LogP contribution in [0.1, 0.15) is 12.8 Å². The molecule has 0 unspecified atom stereocenters. The van der Waals surface area contributed by atoms with Gasteiger partial charge in [-0.15, -0.1) is 0 Å². The summed E-state index contributed by atoms with van der Waals surface area (Å²) in [6.07, 6.45) is 5.01. The van der Waals surface area contributed by atoms with Crippen molar-refractivity contribution in [1.82, 2.24) is 19.9 Å². The van der Waals surface area contributed by atoms with E-state index >= 15 is 0 Å². The molecule has 1 aliphatic rings. The number of carbonyl (C=O) groups excluding carboxylic acids is 1. The molecule has 180 valence electrons. The van der Waals surface area contributed by atoms with Crippen molar-refractivity contribution < 1.29 is 17.4 Å². The molecule has 10 nitrogen and oxygen atoms in total. The Morgan fingerprint density at radius 2 is 1.78 bits per heavy atom. The van der Waals surface area contributed by atoms with Crippen LogP contribution in [0.5, 0.6) is 5.75 Å².